The lowest BCUT2D eigenvalue weighted by atomic mass is 10.0. The van der Waals surface area contributed by atoms with Crippen LogP contribution >= 0.6 is 0 Å². The molecule has 0 spiro atoms. The Kier molecular flexibility index (Phi) is 4.26. The lowest BCUT2D eigenvalue weighted by Gasteiger charge is -2.13. The number of hydrogen-bond donors (Lipinski definition) is 1. The van der Waals surface area contributed by atoms with E-state index in [1.807, 2.05) is 26.0 Å². The van der Waals surface area contributed by atoms with E-state index in [1.165, 1.54) is 16.7 Å². The molecule has 4 heteroatoms. The molecule has 0 aromatic heterocycles. The van der Waals surface area contributed by atoms with Gasteiger partial charge in [-0.05, 0) is 61.6 Å². The summed E-state index contributed by atoms with van der Waals surface area (Å²) >= 11 is 0. The van der Waals surface area contributed by atoms with Gasteiger partial charge in [-0.25, -0.2) is 0 Å². The molecule has 0 aliphatic heterocycles. The van der Waals surface area contributed by atoms with E-state index < -0.39 is 0 Å². The summed E-state index contributed by atoms with van der Waals surface area (Å²) in [5, 5.41) is 14.4. The van der Waals surface area contributed by atoms with E-state index in [0.717, 1.165) is 11.1 Å². The number of nitrogens with zero attached hydrogens (tertiary/aromatic N) is 1. The summed E-state index contributed by atoms with van der Waals surface area (Å²) in [6, 6.07) is 9.60. The molecule has 0 atom stereocenters. The van der Waals surface area contributed by atoms with Crippen LogP contribution in [-0.2, 0) is 6.54 Å². The monoisotopic (exact) mass is 284 g/mol. The number of nitro groups is 1. The normalized spacial score (nSPS) is 10.5. The minimum Gasteiger partial charge on any atom is -0.375 e. The predicted molar refractivity (Wildman–Crippen MR) is 85.8 cm³/mol. The number of hydrogen-bond acceptors (Lipinski definition) is 3. The fraction of sp³-hybridized carbons (Fsp3) is 0.294. The molecule has 0 amide bonds. The predicted octanol–water partition coefficient (Wildman–Crippen LogP) is 4.44. The standard InChI is InChI=1S/C17H20N2O2/c1-11-6-5-7-12(2)15(11)10-18-16-8-13(3)14(4)9-17(16)19(20)21/h5-9,18H,10H2,1-4H3. The van der Waals surface area contributed by atoms with Crippen molar-refractivity contribution in [2.24, 2.45) is 0 Å². The molecular formula is C17H20N2O2. The van der Waals surface area contributed by atoms with E-state index in [1.54, 1.807) is 6.07 Å². The summed E-state index contributed by atoms with van der Waals surface area (Å²) in [4.78, 5) is 10.9. The lowest BCUT2D eigenvalue weighted by molar-refractivity contribution is -0.384. The van der Waals surface area contributed by atoms with Gasteiger partial charge in [-0.3, -0.25) is 10.1 Å². The van der Waals surface area contributed by atoms with Crippen LogP contribution < -0.4 is 5.32 Å². The Balaban J connectivity index is 2.32. The highest BCUT2D eigenvalue weighted by Crippen LogP contribution is 2.28. The number of benzene rings is 2. The molecule has 2 rings (SSSR count). The first kappa shape index (κ1) is 15.0. The third-order valence-corrected chi connectivity index (χ3v) is 3.91. The van der Waals surface area contributed by atoms with Crippen LogP contribution in [-0.4, -0.2) is 4.92 Å². The molecule has 2 aromatic carbocycles. The molecular weight excluding hydrogens is 264 g/mol. The van der Waals surface area contributed by atoms with Crippen molar-refractivity contribution in [2.75, 3.05) is 5.32 Å². The molecule has 0 saturated heterocycles. The van der Waals surface area contributed by atoms with Gasteiger partial charge in [0.15, 0.2) is 0 Å². The maximum Gasteiger partial charge on any atom is 0.292 e. The van der Waals surface area contributed by atoms with Crippen molar-refractivity contribution in [2.45, 2.75) is 34.2 Å². The van der Waals surface area contributed by atoms with Crippen molar-refractivity contribution in [1.82, 2.24) is 0 Å². The van der Waals surface area contributed by atoms with Gasteiger partial charge in [0.2, 0.25) is 0 Å². The van der Waals surface area contributed by atoms with E-state index in [2.05, 4.69) is 31.3 Å². The molecule has 0 aliphatic rings. The Hall–Kier alpha value is -2.36. The van der Waals surface area contributed by atoms with Gasteiger partial charge in [0.05, 0.1) is 4.92 Å². The van der Waals surface area contributed by atoms with Gasteiger partial charge in [-0.15, -0.1) is 0 Å². The highest BCUT2D eigenvalue weighted by atomic mass is 16.6. The van der Waals surface area contributed by atoms with Gasteiger partial charge < -0.3 is 5.32 Å². The van der Waals surface area contributed by atoms with Crippen LogP contribution in [0.4, 0.5) is 11.4 Å². The van der Waals surface area contributed by atoms with Gasteiger partial charge >= 0.3 is 0 Å². The van der Waals surface area contributed by atoms with Crippen molar-refractivity contribution in [1.29, 1.82) is 0 Å². The van der Waals surface area contributed by atoms with Crippen LogP contribution in [0.5, 0.6) is 0 Å². The van der Waals surface area contributed by atoms with Gasteiger partial charge in [0.1, 0.15) is 5.69 Å². The summed E-state index contributed by atoms with van der Waals surface area (Å²) < 4.78 is 0. The zero-order chi connectivity index (χ0) is 15.6. The van der Waals surface area contributed by atoms with Gasteiger partial charge in [0, 0.05) is 12.6 Å². The zero-order valence-corrected chi connectivity index (χ0v) is 12.9. The summed E-state index contributed by atoms with van der Waals surface area (Å²) in [6.45, 7) is 8.54. The third-order valence-electron chi connectivity index (χ3n) is 3.91. The van der Waals surface area contributed by atoms with Crippen molar-refractivity contribution < 1.29 is 4.92 Å². The van der Waals surface area contributed by atoms with Gasteiger partial charge in [0.25, 0.3) is 5.69 Å². The van der Waals surface area contributed by atoms with Crippen molar-refractivity contribution in [3.63, 3.8) is 0 Å². The highest BCUT2D eigenvalue weighted by Gasteiger charge is 2.15. The number of rotatable bonds is 4. The minimum atomic E-state index is -0.334. The van der Waals surface area contributed by atoms with E-state index in [9.17, 15) is 10.1 Å². The van der Waals surface area contributed by atoms with Crippen molar-refractivity contribution >= 4 is 11.4 Å². The Morgan fingerprint density at radius 3 is 2.14 bits per heavy atom. The maximum atomic E-state index is 11.2. The van der Waals surface area contributed by atoms with Crippen LogP contribution in [0, 0.1) is 37.8 Å². The molecule has 0 fully saturated rings. The SMILES string of the molecule is Cc1cc(NCc2c(C)cccc2C)c([N+](=O)[O-])cc1C. The lowest BCUT2D eigenvalue weighted by Crippen LogP contribution is -2.06. The first-order chi connectivity index (χ1) is 9.90. The second-order valence-corrected chi connectivity index (χ2v) is 5.43. The number of aryl methyl sites for hydroxylation is 4. The first-order valence-electron chi connectivity index (χ1n) is 6.94. The fourth-order valence-corrected chi connectivity index (χ4v) is 2.41. The van der Waals surface area contributed by atoms with E-state index in [-0.39, 0.29) is 10.6 Å². The summed E-state index contributed by atoms with van der Waals surface area (Å²) in [6.07, 6.45) is 0. The smallest absolute Gasteiger partial charge is 0.292 e. The van der Waals surface area contributed by atoms with Crippen LogP contribution in [0.1, 0.15) is 27.8 Å². The summed E-state index contributed by atoms with van der Waals surface area (Å²) in [7, 11) is 0. The molecule has 0 saturated carbocycles. The molecule has 0 bridgehead atoms. The molecule has 110 valence electrons. The fourth-order valence-electron chi connectivity index (χ4n) is 2.41. The Bertz CT molecular complexity index is 673. The minimum absolute atomic E-state index is 0.129. The average molecular weight is 284 g/mol. The molecule has 21 heavy (non-hydrogen) atoms. The highest BCUT2D eigenvalue weighted by molar-refractivity contribution is 5.64. The summed E-state index contributed by atoms with van der Waals surface area (Å²) in [5.41, 5.74) is 6.24. The molecule has 0 radical (unpaired) electrons. The van der Waals surface area contributed by atoms with Crippen LogP contribution in [0.2, 0.25) is 0 Å². The Labute approximate surface area is 125 Å². The maximum absolute atomic E-state index is 11.2. The number of nitro benzene ring substituents is 1. The molecule has 4 nitrogen and oxygen atoms in total. The number of anilines is 1. The first-order valence-corrected chi connectivity index (χ1v) is 6.94. The Morgan fingerprint density at radius 1 is 1.00 bits per heavy atom. The molecule has 1 N–H and O–H groups in total. The van der Waals surface area contributed by atoms with Gasteiger partial charge in [-0.1, -0.05) is 18.2 Å². The molecule has 0 heterocycles. The largest absolute Gasteiger partial charge is 0.375 e. The topological polar surface area (TPSA) is 55.2 Å². The second kappa shape index (κ2) is 5.95. The van der Waals surface area contributed by atoms with E-state index in [4.69, 9.17) is 0 Å². The van der Waals surface area contributed by atoms with Crippen LogP contribution in [0.3, 0.4) is 0 Å². The Morgan fingerprint density at radius 2 is 1.57 bits per heavy atom. The number of nitrogens with one attached hydrogen (secondary N) is 1. The van der Waals surface area contributed by atoms with Crippen molar-refractivity contribution in [3.05, 3.63) is 68.3 Å². The van der Waals surface area contributed by atoms with Crippen molar-refractivity contribution in [3.8, 4) is 0 Å². The quantitative estimate of drug-likeness (QED) is 0.667. The molecule has 0 aliphatic carbocycles. The van der Waals surface area contributed by atoms with Gasteiger partial charge in [-0.2, -0.15) is 0 Å². The molecule has 0 unspecified atom stereocenters. The molecule has 2 aromatic rings. The van der Waals surface area contributed by atoms with E-state index >= 15 is 0 Å². The van der Waals surface area contributed by atoms with E-state index in [0.29, 0.717) is 12.2 Å². The second-order valence-electron chi connectivity index (χ2n) is 5.43. The third kappa shape index (κ3) is 3.21. The van der Waals surface area contributed by atoms with Crippen LogP contribution in [0.15, 0.2) is 30.3 Å². The average Bonchev–Trinajstić information content (AvgIpc) is 2.41. The zero-order valence-electron chi connectivity index (χ0n) is 12.9. The van der Waals surface area contributed by atoms with Crippen LogP contribution in [0.25, 0.3) is 0 Å². The summed E-state index contributed by atoms with van der Waals surface area (Å²) in [5.74, 6) is 0.